The third-order valence-electron chi connectivity index (χ3n) is 2.66. The van der Waals surface area contributed by atoms with Gasteiger partial charge in [0.15, 0.2) is 0 Å². The van der Waals surface area contributed by atoms with E-state index in [4.69, 9.17) is 9.47 Å². The van der Waals surface area contributed by atoms with Crippen molar-refractivity contribution in [3.8, 4) is 17.5 Å². The van der Waals surface area contributed by atoms with Crippen molar-refractivity contribution in [1.29, 1.82) is 0 Å². The average molecular weight is 252 g/mol. The molecule has 4 heteroatoms. The van der Waals surface area contributed by atoms with Gasteiger partial charge in [0.2, 0.25) is 0 Å². The smallest absolute Gasteiger partial charge is 0.284 e. The molecule has 4 nitrogen and oxygen atoms in total. The van der Waals surface area contributed by atoms with Gasteiger partial charge < -0.3 is 9.47 Å². The van der Waals surface area contributed by atoms with E-state index in [9.17, 15) is 0 Å². The molecule has 1 aromatic heterocycles. The molecule has 3 aromatic rings. The van der Waals surface area contributed by atoms with Crippen molar-refractivity contribution in [3.63, 3.8) is 0 Å². The summed E-state index contributed by atoms with van der Waals surface area (Å²) in [5.74, 6) is 1.44. The number of hydrogen-bond acceptors (Lipinski definition) is 4. The maximum atomic E-state index is 5.71. The molecule has 0 aliphatic heterocycles. The van der Waals surface area contributed by atoms with Crippen molar-refractivity contribution >= 4 is 11.0 Å². The zero-order valence-corrected chi connectivity index (χ0v) is 10.4. The second kappa shape index (κ2) is 4.94. The normalized spacial score (nSPS) is 10.4. The zero-order valence-electron chi connectivity index (χ0n) is 10.4. The number of para-hydroxylation sites is 3. The number of hydrogen-bond donors (Lipinski definition) is 0. The molecule has 1 heterocycles. The molecule has 0 amide bonds. The molecule has 0 aliphatic rings. The van der Waals surface area contributed by atoms with Gasteiger partial charge in [0.1, 0.15) is 5.75 Å². The Hall–Kier alpha value is -2.62. The van der Waals surface area contributed by atoms with Crippen LogP contribution in [0.2, 0.25) is 0 Å². The minimum absolute atomic E-state index is 0.368. The van der Waals surface area contributed by atoms with Crippen molar-refractivity contribution in [2.45, 2.75) is 0 Å². The second-order valence-electron chi connectivity index (χ2n) is 3.94. The van der Waals surface area contributed by atoms with Crippen LogP contribution in [0.1, 0.15) is 0 Å². The van der Waals surface area contributed by atoms with Crippen molar-refractivity contribution < 1.29 is 9.47 Å². The molecular formula is C15H12N2O2. The molecular weight excluding hydrogens is 240 g/mol. The van der Waals surface area contributed by atoms with Gasteiger partial charge in [-0.05, 0) is 24.3 Å². The number of fused-ring (bicyclic) bond motifs is 1. The fraction of sp³-hybridized carbons (Fsp3) is 0.0667. The first-order valence-corrected chi connectivity index (χ1v) is 5.90. The molecule has 0 spiro atoms. The maximum absolute atomic E-state index is 5.71. The van der Waals surface area contributed by atoms with Crippen LogP contribution in [0.15, 0.2) is 54.6 Å². The van der Waals surface area contributed by atoms with E-state index >= 15 is 0 Å². The van der Waals surface area contributed by atoms with E-state index in [-0.39, 0.29) is 0 Å². The number of aromatic nitrogens is 2. The summed E-state index contributed by atoms with van der Waals surface area (Å²) in [6, 6.07) is 17.0. The Balaban J connectivity index is 2.06. The lowest BCUT2D eigenvalue weighted by Crippen LogP contribution is -1.97. The molecule has 0 aliphatic carbocycles. The molecule has 3 rings (SSSR count). The molecule has 2 aromatic carbocycles. The van der Waals surface area contributed by atoms with Crippen molar-refractivity contribution in [2.75, 3.05) is 7.11 Å². The van der Waals surface area contributed by atoms with E-state index in [1.54, 1.807) is 7.11 Å². The summed E-state index contributed by atoms with van der Waals surface area (Å²) in [4.78, 5) is 8.81. The van der Waals surface area contributed by atoms with E-state index < -0.39 is 0 Å². The van der Waals surface area contributed by atoms with E-state index in [1.807, 2.05) is 54.6 Å². The van der Waals surface area contributed by atoms with Gasteiger partial charge >= 0.3 is 0 Å². The van der Waals surface area contributed by atoms with Crippen LogP contribution in [0.25, 0.3) is 11.0 Å². The highest BCUT2D eigenvalue weighted by atomic mass is 16.5. The molecule has 0 N–H and O–H groups in total. The Bertz CT molecular complexity index is 699. The first kappa shape index (κ1) is 11.5. The monoisotopic (exact) mass is 252 g/mol. The highest BCUT2D eigenvalue weighted by molar-refractivity contribution is 5.75. The Morgan fingerprint density at radius 2 is 1.32 bits per heavy atom. The lowest BCUT2D eigenvalue weighted by atomic mass is 10.3. The van der Waals surface area contributed by atoms with Gasteiger partial charge in [0, 0.05) is 0 Å². The molecule has 19 heavy (non-hydrogen) atoms. The maximum Gasteiger partial charge on any atom is 0.284 e. The topological polar surface area (TPSA) is 44.2 Å². The van der Waals surface area contributed by atoms with Crippen molar-refractivity contribution in [2.24, 2.45) is 0 Å². The molecule has 0 bridgehead atoms. The SMILES string of the molecule is COc1nc2ccccc2nc1Oc1ccccc1. The standard InChI is InChI=1S/C15H12N2O2/c1-18-14-15(19-11-7-3-2-4-8-11)17-13-10-6-5-9-12(13)16-14/h2-10H,1H3. The summed E-state index contributed by atoms with van der Waals surface area (Å²) in [5.41, 5.74) is 1.55. The van der Waals surface area contributed by atoms with Gasteiger partial charge in [-0.3, -0.25) is 0 Å². The van der Waals surface area contributed by atoms with Gasteiger partial charge in [-0.15, -0.1) is 0 Å². The van der Waals surface area contributed by atoms with Gasteiger partial charge in [0.05, 0.1) is 18.1 Å². The predicted octanol–water partition coefficient (Wildman–Crippen LogP) is 3.43. The summed E-state index contributed by atoms with van der Waals surface area (Å²) >= 11 is 0. The average Bonchev–Trinajstić information content (AvgIpc) is 2.47. The van der Waals surface area contributed by atoms with E-state index in [0.717, 1.165) is 11.0 Å². The van der Waals surface area contributed by atoms with Crippen molar-refractivity contribution in [1.82, 2.24) is 9.97 Å². The predicted molar refractivity (Wildman–Crippen MR) is 72.6 cm³/mol. The summed E-state index contributed by atoms with van der Waals surface area (Å²) < 4.78 is 10.9. The Morgan fingerprint density at radius 1 is 0.737 bits per heavy atom. The number of ether oxygens (including phenoxy) is 2. The fourth-order valence-electron chi connectivity index (χ4n) is 1.77. The van der Waals surface area contributed by atoms with E-state index in [2.05, 4.69) is 9.97 Å². The third-order valence-corrected chi connectivity index (χ3v) is 2.66. The van der Waals surface area contributed by atoms with E-state index in [1.165, 1.54) is 0 Å². The fourth-order valence-corrected chi connectivity index (χ4v) is 1.77. The third kappa shape index (κ3) is 2.33. The van der Waals surface area contributed by atoms with Gasteiger partial charge in [-0.25, -0.2) is 9.97 Å². The summed E-state index contributed by atoms with van der Waals surface area (Å²) in [6.07, 6.45) is 0. The number of methoxy groups -OCH3 is 1. The molecule has 0 atom stereocenters. The zero-order chi connectivity index (χ0) is 13.1. The summed E-state index contributed by atoms with van der Waals surface area (Å²) in [6.45, 7) is 0. The van der Waals surface area contributed by atoms with Crippen LogP contribution < -0.4 is 9.47 Å². The molecule has 0 radical (unpaired) electrons. The van der Waals surface area contributed by atoms with Crippen LogP contribution in [-0.2, 0) is 0 Å². The minimum atomic E-state index is 0.368. The van der Waals surface area contributed by atoms with Gasteiger partial charge in [-0.1, -0.05) is 30.3 Å². The number of rotatable bonds is 3. The first-order chi connectivity index (χ1) is 9.36. The van der Waals surface area contributed by atoms with Crippen LogP contribution in [0.4, 0.5) is 0 Å². The summed E-state index contributed by atoms with van der Waals surface area (Å²) in [7, 11) is 1.55. The Morgan fingerprint density at radius 3 is 1.95 bits per heavy atom. The van der Waals surface area contributed by atoms with Crippen molar-refractivity contribution in [3.05, 3.63) is 54.6 Å². The van der Waals surface area contributed by atoms with Gasteiger partial charge in [-0.2, -0.15) is 0 Å². The molecule has 0 unspecified atom stereocenters. The lowest BCUT2D eigenvalue weighted by Gasteiger charge is -2.09. The van der Waals surface area contributed by atoms with Gasteiger partial charge in [0.25, 0.3) is 11.8 Å². The van der Waals surface area contributed by atoms with Crippen LogP contribution in [0.3, 0.4) is 0 Å². The minimum Gasteiger partial charge on any atom is -0.477 e. The molecule has 0 saturated heterocycles. The Kier molecular flexibility index (Phi) is 2.98. The van der Waals surface area contributed by atoms with Crippen LogP contribution in [0, 0.1) is 0 Å². The Labute approximate surface area is 110 Å². The number of nitrogens with zero attached hydrogens (tertiary/aromatic N) is 2. The molecule has 0 fully saturated rings. The number of benzene rings is 2. The quantitative estimate of drug-likeness (QED) is 0.716. The lowest BCUT2D eigenvalue weighted by molar-refractivity contribution is 0.357. The molecule has 0 saturated carbocycles. The highest BCUT2D eigenvalue weighted by Crippen LogP contribution is 2.29. The van der Waals surface area contributed by atoms with Crippen LogP contribution >= 0.6 is 0 Å². The van der Waals surface area contributed by atoms with E-state index in [0.29, 0.717) is 17.5 Å². The molecule has 94 valence electrons. The van der Waals surface area contributed by atoms with Crippen LogP contribution in [0.5, 0.6) is 17.5 Å². The largest absolute Gasteiger partial charge is 0.477 e. The highest BCUT2D eigenvalue weighted by Gasteiger charge is 2.11. The first-order valence-electron chi connectivity index (χ1n) is 5.90. The summed E-state index contributed by atoms with van der Waals surface area (Å²) in [5, 5.41) is 0. The van der Waals surface area contributed by atoms with Crippen LogP contribution in [-0.4, -0.2) is 17.1 Å². The second-order valence-corrected chi connectivity index (χ2v) is 3.94.